The summed E-state index contributed by atoms with van der Waals surface area (Å²) in [5.74, 6) is -0.656. The lowest BCUT2D eigenvalue weighted by molar-refractivity contribution is -0.140. The number of nitrogens with zero attached hydrogens (tertiary/aromatic N) is 2. The predicted molar refractivity (Wildman–Crippen MR) is 111 cm³/mol. The van der Waals surface area contributed by atoms with Gasteiger partial charge in [-0.3, -0.25) is 9.59 Å². The third-order valence-electron chi connectivity index (χ3n) is 4.80. The van der Waals surface area contributed by atoms with Crippen LogP contribution in [0.5, 0.6) is 11.5 Å². The lowest BCUT2D eigenvalue weighted by atomic mass is 9.99. The van der Waals surface area contributed by atoms with Crippen LogP contribution < -0.4 is 9.47 Å². The second-order valence-corrected chi connectivity index (χ2v) is 7.86. The summed E-state index contributed by atoms with van der Waals surface area (Å²) >= 11 is 1.44. The molecule has 1 aliphatic rings. The van der Waals surface area contributed by atoms with Crippen LogP contribution in [0.2, 0.25) is 0 Å². The number of rotatable bonds is 7. The van der Waals surface area contributed by atoms with Gasteiger partial charge in [0.2, 0.25) is 0 Å². The summed E-state index contributed by atoms with van der Waals surface area (Å²) in [5.41, 5.74) is 0.403. The maximum atomic E-state index is 12.9. The van der Waals surface area contributed by atoms with E-state index < -0.39 is 17.7 Å². The normalized spacial score (nSPS) is 18.5. The van der Waals surface area contributed by atoms with Crippen LogP contribution in [0.3, 0.4) is 0 Å². The highest BCUT2D eigenvalue weighted by Crippen LogP contribution is 2.42. The molecule has 1 amide bonds. The lowest BCUT2D eigenvalue weighted by Gasteiger charge is -2.25. The third kappa shape index (κ3) is 3.99. The van der Waals surface area contributed by atoms with E-state index in [-0.39, 0.29) is 11.3 Å². The fraction of sp³-hybridized carbons (Fsp3) is 0.333. The first-order valence-corrected chi connectivity index (χ1v) is 9.96. The van der Waals surface area contributed by atoms with Crippen LogP contribution in [0.1, 0.15) is 16.5 Å². The molecule has 1 aliphatic heterocycles. The van der Waals surface area contributed by atoms with Crippen LogP contribution in [0.4, 0.5) is 0 Å². The molecule has 2 heterocycles. The van der Waals surface area contributed by atoms with Crippen LogP contribution in [-0.2, 0) is 9.59 Å². The number of hydrogen-bond acceptors (Lipinski definition) is 7. The highest BCUT2D eigenvalue weighted by molar-refractivity contribution is 7.10. The molecule has 8 heteroatoms. The first kappa shape index (κ1) is 20.9. The molecule has 3 rings (SSSR count). The number of aliphatic hydroxyl groups is 1. The molecule has 0 radical (unpaired) electrons. The minimum Gasteiger partial charge on any atom is -0.507 e. The number of aliphatic hydroxyl groups excluding tert-OH is 1. The van der Waals surface area contributed by atoms with Gasteiger partial charge in [-0.1, -0.05) is 6.07 Å². The van der Waals surface area contributed by atoms with Gasteiger partial charge in [0.15, 0.2) is 0 Å². The van der Waals surface area contributed by atoms with Crippen LogP contribution in [0.25, 0.3) is 5.76 Å². The van der Waals surface area contributed by atoms with Gasteiger partial charge in [0.05, 0.1) is 31.4 Å². The Morgan fingerprint density at radius 1 is 1.21 bits per heavy atom. The summed E-state index contributed by atoms with van der Waals surface area (Å²) in [6.45, 7) is 0.970. The average Bonchev–Trinajstić information content (AvgIpc) is 3.32. The van der Waals surface area contributed by atoms with E-state index in [0.29, 0.717) is 30.2 Å². The topological polar surface area (TPSA) is 79.3 Å². The van der Waals surface area contributed by atoms with E-state index in [0.717, 1.165) is 4.88 Å². The zero-order chi connectivity index (χ0) is 21.1. The fourth-order valence-electron chi connectivity index (χ4n) is 3.30. The average molecular weight is 416 g/mol. The summed E-state index contributed by atoms with van der Waals surface area (Å²) in [6.07, 6.45) is 0. The Balaban J connectivity index is 2.14. The molecule has 1 N–H and O–H groups in total. The first-order valence-electron chi connectivity index (χ1n) is 9.08. The van der Waals surface area contributed by atoms with E-state index in [4.69, 9.17) is 9.47 Å². The predicted octanol–water partition coefficient (Wildman–Crippen LogP) is 2.75. The van der Waals surface area contributed by atoms with Crippen molar-refractivity contribution in [2.75, 3.05) is 41.4 Å². The number of hydrogen-bond donors (Lipinski definition) is 1. The molecule has 1 fully saturated rings. The van der Waals surface area contributed by atoms with Crippen molar-refractivity contribution in [3.8, 4) is 11.5 Å². The molecule has 2 aromatic rings. The van der Waals surface area contributed by atoms with Crippen molar-refractivity contribution in [2.45, 2.75) is 6.04 Å². The molecule has 1 aromatic carbocycles. The number of likely N-dealkylation sites (N-methyl/N-ethyl adjacent to an activating group) is 1. The van der Waals surface area contributed by atoms with Crippen LogP contribution in [0, 0.1) is 0 Å². The summed E-state index contributed by atoms with van der Waals surface area (Å²) in [5, 5.41) is 13.0. The molecule has 0 unspecified atom stereocenters. The number of carbonyl (C=O) groups is 2. The molecule has 1 saturated heterocycles. The number of thiophene rings is 1. The monoisotopic (exact) mass is 416 g/mol. The van der Waals surface area contributed by atoms with Crippen molar-refractivity contribution >= 4 is 28.8 Å². The van der Waals surface area contributed by atoms with Crippen molar-refractivity contribution in [2.24, 2.45) is 0 Å². The van der Waals surface area contributed by atoms with Crippen LogP contribution in [-0.4, -0.2) is 68.0 Å². The first-order chi connectivity index (χ1) is 13.9. The van der Waals surface area contributed by atoms with Crippen molar-refractivity contribution in [3.63, 3.8) is 0 Å². The molecule has 1 aromatic heterocycles. The zero-order valence-corrected chi connectivity index (χ0v) is 17.7. The number of amides is 1. The Hall–Kier alpha value is -2.84. The maximum Gasteiger partial charge on any atom is 0.295 e. The number of ether oxygens (including phenoxy) is 2. The SMILES string of the molecule is COc1ccc(/C(O)=C2\C(=O)C(=O)N(CCN(C)C)[C@@H]2c2cccs2)c(OC)c1. The third-order valence-corrected chi connectivity index (χ3v) is 5.73. The van der Waals surface area contributed by atoms with E-state index in [9.17, 15) is 14.7 Å². The van der Waals surface area contributed by atoms with Crippen molar-refractivity contribution < 1.29 is 24.2 Å². The van der Waals surface area contributed by atoms with Gasteiger partial charge in [-0.05, 0) is 37.7 Å². The van der Waals surface area contributed by atoms with E-state index in [1.165, 1.54) is 30.5 Å². The number of benzene rings is 1. The van der Waals surface area contributed by atoms with Crippen molar-refractivity contribution in [3.05, 3.63) is 51.7 Å². The molecule has 0 saturated carbocycles. The quantitative estimate of drug-likeness (QED) is 0.425. The number of likely N-dealkylation sites (tertiary alicyclic amines) is 1. The Bertz CT molecular complexity index is 937. The summed E-state index contributed by atoms with van der Waals surface area (Å²) in [4.78, 5) is 30.0. The van der Waals surface area contributed by atoms with E-state index in [1.807, 2.05) is 36.5 Å². The smallest absolute Gasteiger partial charge is 0.295 e. The van der Waals surface area contributed by atoms with Crippen LogP contribution >= 0.6 is 11.3 Å². The van der Waals surface area contributed by atoms with E-state index in [1.54, 1.807) is 18.2 Å². The summed E-state index contributed by atoms with van der Waals surface area (Å²) in [6, 6.07) is 7.99. The van der Waals surface area contributed by atoms with Gasteiger partial charge in [-0.15, -0.1) is 11.3 Å². The Morgan fingerprint density at radius 2 is 1.97 bits per heavy atom. The van der Waals surface area contributed by atoms with Gasteiger partial charge in [0.1, 0.15) is 17.3 Å². The minimum atomic E-state index is -0.697. The van der Waals surface area contributed by atoms with Gasteiger partial charge in [-0.2, -0.15) is 0 Å². The second kappa shape index (κ2) is 8.67. The molecule has 29 heavy (non-hydrogen) atoms. The highest BCUT2D eigenvalue weighted by atomic mass is 32.1. The highest BCUT2D eigenvalue weighted by Gasteiger charge is 2.46. The number of methoxy groups -OCH3 is 2. The summed E-state index contributed by atoms with van der Waals surface area (Å²) in [7, 11) is 6.80. The van der Waals surface area contributed by atoms with E-state index in [2.05, 4.69) is 0 Å². The fourth-order valence-corrected chi connectivity index (χ4v) is 4.15. The van der Waals surface area contributed by atoms with Crippen molar-refractivity contribution in [1.82, 2.24) is 9.80 Å². The number of carbonyl (C=O) groups excluding carboxylic acids is 2. The molecule has 0 spiro atoms. The number of Topliss-reactive ketones (excluding diaryl/α,β-unsaturated/α-hetero) is 1. The largest absolute Gasteiger partial charge is 0.507 e. The molecular formula is C21H24N2O5S. The van der Waals surface area contributed by atoms with Crippen LogP contribution in [0.15, 0.2) is 41.3 Å². The molecule has 154 valence electrons. The Morgan fingerprint density at radius 3 is 2.55 bits per heavy atom. The van der Waals surface area contributed by atoms with Gasteiger partial charge >= 0.3 is 0 Å². The van der Waals surface area contributed by atoms with Gasteiger partial charge in [0.25, 0.3) is 11.7 Å². The van der Waals surface area contributed by atoms with Crippen molar-refractivity contribution in [1.29, 1.82) is 0 Å². The van der Waals surface area contributed by atoms with Gasteiger partial charge in [0, 0.05) is 24.0 Å². The van der Waals surface area contributed by atoms with Gasteiger partial charge < -0.3 is 24.4 Å². The summed E-state index contributed by atoms with van der Waals surface area (Å²) < 4.78 is 10.6. The number of ketones is 1. The maximum absolute atomic E-state index is 12.9. The Kier molecular flexibility index (Phi) is 6.24. The molecular weight excluding hydrogens is 392 g/mol. The standard InChI is InChI=1S/C21H24N2O5S/c1-22(2)9-10-23-18(16-6-5-11-29-16)17(20(25)21(23)26)19(24)14-8-7-13(27-3)12-15(14)28-4/h5-8,11-12,18,24H,9-10H2,1-4H3/b19-17+/t18-/m1/s1. The second-order valence-electron chi connectivity index (χ2n) is 6.88. The van der Waals surface area contributed by atoms with E-state index >= 15 is 0 Å². The zero-order valence-electron chi connectivity index (χ0n) is 16.8. The Labute approximate surface area is 173 Å². The molecule has 0 aliphatic carbocycles. The molecule has 1 atom stereocenters. The van der Waals surface area contributed by atoms with Gasteiger partial charge in [-0.25, -0.2) is 0 Å². The molecule has 0 bridgehead atoms. The lowest BCUT2D eigenvalue weighted by Crippen LogP contribution is -2.35. The molecule has 7 nitrogen and oxygen atoms in total. The minimum absolute atomic E-state index is 0.0691.